The van der Waals surface area contributed by atoms with E-state index in [0.717, 1.165) is 27.9 Å². The fourth-order valence-corrected chi connectivity index (χ4v) is 3.92. The van der Waals surface area contributed by atoms with Crippen molar-refractivity contribution in [3.05, 3.63) is 88.1 Å². The van der Waals surface area contributed by atoms with Crippen LogP contribution in [0.2, 0.25) is 0 Å². The van der Waals surface area contributed by atoms with Crippen LogP contribution in [-0.4, -0.2) is 31.3 Å². The summed E-state index contributed by atoms with van der Waals surface area (Å²) in [5.74, 6) is 0.341. The summed E-state index contributed by atoms with van der Waals surface area (Å²) in [4.78, 5) is 30.7. The van der Waals surface area contributed by atoms with Gasteiger partial charge in [0.1, 0.15) is 19.0 Å². The average molecular weight is 459 g/mol. The maximum Gasteiger partial charge on any atom is 0.330 e. The number of rotatable bonds is 8. The zero-order valence-corrected chi connectivity index (χ0v) is 20.1. The Balaban J connectivity index is 1.73. The van der Waals surface area contributed by atoms with Crippen molar-refractivity contribution in [2.75, 3.05) is 6.61 Å². The molecule has 176 valence electrons. The number of aromatic nitrogens is 4. The summed E-state index contributed by atoms with van der Waals surface area (Å²) in [6, 6.07) is 15.5. The number of nitrogens with zero attached hydrogens (tertiary/aromatic N) is 4. The molecule has 7 heteroatoms. The van der Waals surface area contributed by atoms with Gasteiger partial charge in [-0.15, -0.1) is 0 Å². The Morgan fingerprint density at radius 2 is 1.47 bits per heavy atom. The number of allylic oxidation sites excluding steroid dienone is 3. The lowest BCUT2D eigenvalue weighted by Gasteiger charge is -2.08. The molecular formula is C27H30N4O3. The van der Waals surface area contributed by atoms with E-state index < -0.39 is 5.97 Å². The lowest BCUT2D eigenvalue weighted by atomic mass is 10.3. The van der Waals surface area contributed by atoms with Gasteiger partial charge in [-0.2, -0.15) is 0 Å². The Bertz CT molecular complexity index is 1460. The zero-order chi connectivity index (χ0) is 24.2. The van der Waals surface area contributed by atoms with Gasteiger partial charge in [-0.25, -0.2) is 9.78 Å². The number of ether oxygens (including phenoxy) is 1. The highest BCUT2D eigenvalue weighted by atomic mass is 16.5. The highest BCUT2D eigenvalue weighted by molar-refractivity contribution is 5.79. The van der Waals surface area contributed by atoms with Crippen molar-refractivity contribution in [2.45, 2.75) is 47.3 Å². The van der Waals surface area contributed by atoms with E-state index in [2.05, 4.69) is 24.5 Å². The monoisotopic (exact) mass is 458 g/mol. The molecule has 0 N–H and O–H groups in total. The standard InChI is InChI=1S/C27H30N4O3/c1-19(2)13-15-29-22-10-6-5-9-21(22)28-25(29)17-30-23-11-7-8-12-24(23)31(27(30)33)18-26(32)34-16-14-20(3)4/h5-14H,15-18H2,1-4H3. The Kier molecular flexibility index (Phi) is 6.82. The summed E-state index contributed by atoms with van der Waals surface area (Å²) in [5.41, 5.74) is 5.38. The second-order valence-corrected chi connectivity index (χ2v) is 8.82. The maximum atomic E-state index is 13.5. The molecule has 0 bridgehead atoms. The minimum absolute atomic E-state index is 0.142. The molecule has 2 aromatic carbocycles. The molecule has 0 fully saturated rings. The number of esters is 1. The number of hydrogen-bond acceptors (Lipinski definition) is 4. The van der Waals surface area contributed by atoms with Crippen LogP contribution in [0.5, 0.6) is 0 Å². The van der Waals surface area contributed by atoms with Crippen molar-refractivity contribution in [2.24, 2.45) is 0 Å². The third-order valence-electron chi connectivity index (χ3n) is 5.66. The van der Waals surface area contributed by atoms with Crippen molar-refractivity contribution < 1.29 is 9.53 Å². The molecule has 4 aromatic rings. The van der Waals surface area contributed by atoms with Gasteiger partial charge in [0.15, 0.2) is 0 Å². The van der Waals surface area contributed by atoms with Gasteiger partial charge >= 0.3 is 11.7 Å². The number of benzene rings is 2. The highest BCUT2D eigenvalue weighted by Crippen LogP contribution is 2.19. The van der Waals surface area contributed by atoms with E-state index in [4.69, 9.17) is 9.72 Å². The van der Waals surface area contributed by atoms with E-state index in [0.29, 0.717) is 18.6 Å². The summed E-state index contributed by atoms with van der Waals surface area (Å²) in [5, 5.41) is 0. The molecule has 0 aliphatic heterocycles. The number of para-hydroxylation sites is 4. The molecule has 34 heavy (non-hydrogen) atoms. The number of imidazole rings is 2. The predicted molar refractivity (Wildman–Crippen MR) is 135 cm³/mol. The third-order valence-corrected chi connectivity index (χ3v) is 5.66. The van der Waals surface area contributed by atoms with Crippen molar-refractivity contribution in [3.63, 3.8) is 0 Å². The first-order valence-corrected chi connectivity index (χ1v) is 11.4. The Labute approximate surface area is 198 Å². The summed E-state index contributed by atoms with van der Waals surface area (Å²) in [6.45, 7) is 9.03. The normalized spacial score (nSPS) is 11.1. The molecular weight excluding hydrogens is 428 g/mol. The van der Waals surface area contributed by atoms with Crippen molar-refractivity contribution in [3.8, 4) is 0 Å². The van der Waals surface area contributed by atoms with Gasteiger partial charge in [-0.1, -0.05) is 41.5 Å². The molecule has 2 aromatic heterocycles. The molecule has 0 atom stereocenters. The Morgan fingerprint density at radius 1 is 0.853 bits per heavy atom. The smallest absolute Gasteiger partial charge is 0.330 e. The molecule has 0 aliphatic carbocycles. The molecule has 0 amide bonds. The zero-order valence-electron chi connectivity index (χ0n) is 20.1. The first kappa shape index (κ1) is 23.3. The van der Waals surface area contributed by atoms with Crippen LogP contribution in [0.3, 0.4) is 0 Å². The first-order valence-electron chi connectivity index (χ1n) is 11.4. The van der Waals surface area contributed by atoms with Crippen LogP contribution in [0.1, 0.15) is 33.5 Å². The van der Waals surface area contributed by atoms with E-state index in [1.54, 1.807) is 4.57 Å². The molecule has 0 saturated carbocycles. The Hall–Kier alpha value is -3.87. The SMILES string of the molecule is CC(C)=CCOC(=O)Cn1c(=O)n(Cc2nc3ccccc3n2CC=C(C)C)c2ccccc21. The number of fused-ring (bicyclic) bond motifs is 2. The van der Waals surface area contributed by atoms with Gasteiger partial charge in [0, 0.05) is 6.54 Å². The van der Waals surface area contributed by atoms with Crippen molar-refractivity contribution >= 4 is 28.0 Å². The van der Waals surface area contributed by atoms with Crippen LogP contribution >= 0.6 is 0 Å². The average Bonchev–Trinajstić information content (AvgIpc) is 3.28. The fourth-order valence-electron chi connectivity index (χ4n) is 3.92. The predicted octanol–water partition coefficient (Wildman–Crippen LogP) is 4.68. The van der Waals surface area contributed by atoms with Crippen molar-refractivity contribution in [1.82, 2.24) is 18.7 Å². The molecule has 0 spiro atoms. The quantitative estimate of drug-likeness (QED) is 0.284. The van der Waals surface area contributed by atoms with Gasteiger partial charge in [0.05, 0.1) is 28.6 Å². The van der Waals surface area contributed by atoms with Crippen LogP contribution in [0.15, 0.2) is 76.6 Å². The van der Waals surface area contributed by atoms with Gasteiger partial charge in [-0.05, 0) is 58.0 Å². The van der Waals surface area contributed by atoms with Gasteiger partial charge in [0.2, 0.25) is 0 Å². The highest BCUT2D eigenvalue weighted by Gasteiger charge is 2.18. The minimum atomic E-state index is -0.446. The van der Waals surface area contributed by atoms with Gasteiger partial charge < -0.3 is 9.30 Å². The summed E-state index contributed by atoms with van der Waals surface area (Å²) < 4.78 is 10.6. The molecule has 2 heterocycles. The molecule has 0 aliphatic rings. The Morgan fingerprint density at radius 3 is 2.15 bits per heavy atom. The lowest BCUT2D eigenvalue weighted by Crippen LogP contribution is -2.28. The molecule has 0 saturated heterocycles. The number of carbonyl (C=O) groups excluding carboxylic acids is 1. The summed E-state index contributed by atoms with van der Waals surface area (Å²) in [7, 11) is 0. The van der Waals surface area contributed by atoms with Crippen LogP contribution in [0.25, 0.3) is 22.1 Å². The minimum Gasteiger partial charge on any atom is -0.460 e. The molecule has 0 radical (unpaired) electrons. The van der Waals surface area contributed by atoms with E-state index in [1.165, 1.54) is 10.1 Å². The van der Waals surface area contributed by atoms with Crippen LogP contribution < -0.4 is 5.69 Å². The summed E-state index contributed by atoms with van der Waals surface area (Å²) >= 11 is 0. The molecule has 4 rings (SSSR count). The van der Waals surface area contributed by atoms with Crippen LogP contribution in [0.4, 0.5) is 0 Å². The lowest BCUT2D eigenvalue weighted by molar-refractivity contribution is -0.143. The first-order chi connectivity index (χ1) is 16.3. The largest absolute Gasteiger partial charge is 0.460 e. The van der Waals surface area contributed by atoms with Crippen molar-refractivity contribution in [1.29, 1.82) is 0 Å². The van der Waals surface area contributed by atoms with Gasteiger partial charge in [-0.3, -0.25) is 13.9 Å². The van der Waals surface area contributed by atoms with E-state index in [9.17, 15) is 9.59 Å². The third kappa shape index (κ3) is 4.88. The number of hydrogen-bond donors (Lipinski definition) is 0. The molecule has 7 nitrogen and oxygen atoms in total. The van der Waals surface area contributed by atoms with E-state index in [1.807, 2.05) is 68.5 Å². The number of carbonyl (C=O) groups is 1. The second-order valence-electron chi connectivity index (χ2n) is 8.82. The van der Waals surface area contributed by atoms with E-state index >= 15 is 0 Å². The maximum absolute atomic E-state index is 13.5. The topological polar surface area (TPSA) is 71.1 Å². The second kappa shape index (κ2) is 9.95. The van der Waals surface area contributed by atoms with E-state index in [-0.39, 0.29) is 18.8 Å². The fraction of sp³-hybridized carbons (Fsp3) is 0.296. The summed E-state index contributed by atoms with van der Waals surface area (Å²) in [6.07, 6.45) is 3.98. The molecule has 0 unspecified atom stereocenters. The van der Waals surface area contributed by atoms with Crippen LogP contribution in [0, 0.1) is 0 Å². The van der Waals surface area contributed by atoms with Gasteiger partial charge in [0.25, 0.3) is 0 Å². The van der Waals surface area contributed by atoms with Crippen LogP contribution in [-0.2, 0) is 29.2 Å².